The summed E-state index contributed by atoms with van der Waals surface area (Å²) in [5, 5.41) is 11.6. The molecule has 0 heterocycles. The number of carbonyl (C=O) groups excluding carboxylic acids is 2. The molecule has 1 N–H and O–H groups in total. The van der Waals surface area contributed by atoms with E-state index in [-0.39, 0.29) is 10.6 Å². The number of non-ortho nitro benzene ring substituents is 1. The molecule has 0 spiro atoms. The summed E-state index contributed by atoms with van der Waals surface area (Å²) in [5.41, 5.74) is -0.784. The van der Waals surface area contributed by atoms with E-state index in [9.17, 15) is 28.1 Å². The van der Waals surface area contributed by atoms with Gasteiger partial charge in [0.15, 0.2) is 21.7 Å². The first-order valence-corrected chi connectivity index (χ1v) is 8.85. The summed E-state index contributed by atoms with van der Waals surface area (Å²) in [6.45, 7) is 5.76. The topological polar surface area (TPSA) is 133 Å². The van der Waals surface area contributed by atoms with Crippen LogP contribution >= 0.6 is 0 Å². The van der Waals surface area contributed by atoms with E-state index < -0.39 is 44.0 Å². The van der Waals surface area contributed by atoms with Crippen molar-refractivity contribution >= 4 is 27.4 Å². The molecular weight excluding hydrogens is 352 g/mol. The van der Waals surface area contributed by atoms with E-state index in [1.54, 1.807) is 20.8 Å². The monoisotopic (exact) mass is 372 g/mol. The molecule has 25 heavy (non-hydrogen) atoms. The number of sulfone groups is 1. The Bertz CT molecular complexity index is 764. The van der Waals surface area contributed by atoms with E-state index in [0.717, 1.165) is 31.2 Å². The molecule has 0 radical (unpaired) electrons. The number of nitro benzene ring substituents is 1. The SMILES string of the molecule is C[C@@H](C(=O)OCC(=O)NC(C)(C)C)S(=O)(=O)c1ccc([N+](=O)[O-])cc1. The van der Waals surface area contributed by atoms with Gasteiger partial charge in [0.05, 0.1) is 9.82 Å². The normalized spacial score (nSPS) is 13.0. The number of carbonyl (C=O) groups is 2. The first-order chi connectivity index (χ1) is 11.3. The van der Waals surface area contributed by atoms with Crippen molar-refractivity contribution in [2.75, 3.05) is 6.61 Å². The highest BCUT2D eigenvalue weighted by Crippen LogP contribution is 2.20. The Labute approximate surface area is 145 Å². The van der Waals surface area contributed by atoms with Crippen LogP contribution in [0.25, 0.3) is 0 Å². The predicted octanol–water partition coefficient (Wildman–Crippen LogP) is 1.21. The minimum Gasteiger partial charge on any atom is -0.455 e. The molecule has 0 aromatic heterocycles. The third kappa shape index (κ3) is 5.82. The maximum atomic E-state index is 12.4. The Morgan fingerprint density at radius 1 is 1.24 bits per heavy atom. The quantitative estimate of drug-likeness (QED) is 0.451. The van der Waals surface area contributed by atoms with Crippen molar-refractivity contribution in [3.63, 3.8) is 0 Å². The van der Waals surface area contributed by atoms with Crippen molar-refractivity contribution in [2.45, 2.75) is 43.4 Å². The molecular formula is C15H20N2O7S. The lowest BCUT2D eigenvalue weighted by molar-refractivity contribution is -0.384. The number of nitrogens with zero attached hydrogens (tertiary/aromatic N) is 1. The molecule has 1 atom stereocenters. The van der Waals surface area contributed by atoms with E-state index in [1.807, 2.05) is 0 Å². The molecule has 9 nitrogen and oxygen atoms in total. The van der Waals surface area contributed by atoms with Crippen LogP contribution in [-0.2, 0) is 24.2 Å². The lowest BCUT2D eigenvalue weighted by Crippen LogP contribution is -2.43. The van der Waals surface area contributed by atoms with E-state index in [1.165, 1.54) is 0 Å². The third-order valence-electron chi connectivity index (χ3n) is 3.03. The zero-order valence-corrected chi connectivity index (χ0v) is 15.1. The Kier molecular flexibility index (Phi) is 6.25. The molecule has 0 bridgehead atoms. The number of hydrogen-bond acceptors (Lipinski definition) is 7. The maximum absolute atomic E-state index is 12.4. The molecule has 0 saturated heterocycles. The van der Waals surface area contributed by atoms with Crippen molar-refractivity contribution < 1.29 is 27.7 Å². The van der Waals surface area contributed by atoms with Crippen molar-refractivity contribution in [1.29, 1.82) is 0 Å². The van der Waals surface area contributed by atoms with Crippen molar-refractivity contribution in [2.24, 2.45) is 0 Å². The molecule has 0 unspecified atom stereocenters. The second-order valence-corrected chi connectivity index (χ2v) is 8.61. The molecule has 0 fully saturated rings. The van der Waals surface area contributed by atoms with Crippen LogP contribution in [0.3, 0.4) is 0 Å². The lowest BCUT2D eigenvalue weighted by Gasteiger charge is -2.20. The minimum atomic E-state index is -4.09. The van der Waals surface area contributed by atoms with E-state index in [2.05, 4.69) is 5.32 Å². The smallest absolute Gasteiger partial charge is 0.324 e. The highest BCUT2D eigenvalue weighted by Gasteiger charge is 2.32. The number of nitro groups is 1. The maximum Gasteiger partial charge on any atom is 0.324 e. The van der Waals surface area contributed by atoms with Crippen LogP contribution in [0.2, 0.25) is 0 Å². The summed E-state index contributed by atoms with van der Waals surface area (Å²) in [5.74, 6) is -1.64. The molecule has 10 heteroatoms. The minimum absolute atomic E-state index is 0.248. The molecule has 0 aliphatic carbocycles. The van der Waals surface area contributed by atoms with Crippen LogP contribution in [0.5, 0.6) is 0 Å². The first kappa shape index (κ1) is 20.6. The van der Waals surface area contributed by atoms with Crippen molar-refractivity contribution in [1.82, 2.24) is 5.32 Å². The molecule has 138 valence electrons. The summed E-state index contributed by atoms with van der Waals surface area (Å²) in [7, 11) is -4.09. The number of amides is 1. The first-order valence-electron chi connectivity index (χ1n) is 7.30. The zero-order valence-electron chi connectivity index (χ0n) is 14.3. The van der Waals surface area contributed by atoms with Gasteiger partial charge in [0.2, 0.25) is 0 Å². The summed E-state index contributed by atoms with van der Waals surface area (Å²) in [6, 6.07) is 4.15. The predicted molar refractivity (Wildman–Crippen MR) is 88.6 cm³/mol. The number of nitrogens with one attached hydrogen (secondary N) is 1. The Morgan fingerprint density at radius 3 is 2.20 bits per heavy atom. The van der Waals surface area contributed by atoms with E-state index >= 15 is 0 Å². The standard InChI is InChI=1S/C15H20N2O7S/c1-10(14(19)24-9-13(18)16-15(2,3)4)25(22,23)12-7-5-11(6-8-12)17(20)21/h5-8,10H,9H2,1-4H3,(H,16,18)/t10-/m0/s1. The summed E-state index contributed by atoms with van der Waals surface area (Å²) in [4.78, 5) is 33.2. The van der Waals surface area contributed by atoms with Gasteiger partial charge in [-0.1, -0.05) is 0 Å². The average Bonchev–Trinajstić information content (AvgIpc) is 2.50. The van der Waals surface area contributed by atoms with Crippen LogP contribution in [-0.4, -0.2) is 42.6 Å². The number of hydrogen-bond donors (Lipinski definition) is 1. The largest absolute Gasteiger partial charge is 0.455 e. The molecule has 0 aliphatic heterocycles. The van der Waals surface area contributed by atoms with Gasteiger partial charge < -0.3 is 10.1 Å². The fourth-order valence-electron chi connectivity index (χ4n) is 1.80. The van der Waals surface area contributed by atoms with Crippen LogP contribution in [0, 0.1) is 10.1 Å². The van der Waals surface area contributed by atoms with Gasteiger partial charge in [-0.2, -0.15) is 0 Å². The fraction of sp³-hybridized carbons (Fsp3) is 0.467. The fourth-order valence-corrected chi connectivity index (χ4v) is 3.04. The number of esters is 1. The summed E-state index contributed by atoms with van der Waals surface area (Å²) >= 11 is 0. The van der Waals surface area contributed by atoms with E-state index in [0.29, 0.717) is 0 Å². The van der Waals surface area contributed by atoms with Gasteiger partial charge >= 0.3 is 5.97 Å². The Hall–Kier alpha value is -2.49. The third-order valence-corrected chi connectivity index (χ3v) is 5.09. The molecule has 0 aliphatic rings. The highest BCUT2D eigenvalue weighted by atomic mass is 32.2. The summed E-state index contributed by atoms with van der Waals surface area (Å²) < 4.78 is 29.5. The zero-order chi connectivity index (χ0) is 19.4. The van der Waals surface area contributed by atoms with Gasteiger partial charge in [-0.25, -0.2) is 8.42 Å². The van der Waals surface area contributed by atoms with Crippen LogP contribution in [0.4, 0.5) is 5.69 Å². The number of benzene rings is 1. The number of ether oxygens (including phenoxy) is 1. The molecule has 1 amide bonds. The van der Waals surface area contributed by atoms with Gasteiger partial charge in [-0.15, -0.1) is 0 Å². The van der Waals surface area contributed by atoms with E-state index in [4.69, 9.17) is 4.74 Å². The summed E-state index contributed by atoms with van der Waals surface area (Å²) in [6.07, 6.45) is 0. The second-order valence-electron chi connectivity index (χ2n) is 6.34. The Balaban J connectivity index is 2.79. The van der Waals surface area contributed by atoms with Gasteiger partial charge in [0.1, 0.15) is 0 Å². The van der Waals surface area contributed by atoms with Crippen molar-refractivity contribution in [3.8, 4) is 0 Å². The highest BCUT2D eigenvalue weighted by molar-refractivity contribution is 7.92. The average molecular weight is 372 g/mol. The van der Waals surface area contributed by atoms with Gasteiger partial charge in [-0.3, -0.25) is 19.7 Å². The van der Waals surface area contributed by atoms with Crippen molar-refractivity contribution in [3.05, 3.63) is 34.4 Å². The van der Waals surface area contributed by atoms with Crippen LogP contribution < -0.4 is 5.32 Å². The molecule has 1 aromatic carbocycles. The Morgan fingerprint density at radius 2 is 1.76 bits per heavy atom. The van der Waals surface area contributed by atoms with Gasteiger partial charge in [0.25, 0.3) is 11.6 Å². The lowest BCUT2D eigenvalue weighted by atomic mass is 10.1. The molecule has 1 rings (SSSR count). The molecule has 0 saturated carbocycles. The molecule has 1 aromatic rings. The number of rotatable bonds is 6. The van der Waals surface area contributed by atoms with Crippen LogP contribution in [0.15, 0.2) is 29.2 Å². The van der Waals surface area contributed by atoms with Crippen LogP contribution in [0.1, 0.15) is 27.7 Å². The van der Waals surface area contributed by atoms with Gasteiger partial charge in [-0.05, 0) is 39.8 Å². The van der Waals surface area contributed by atoms with Gasteiger partial charge in [0, 0.05) is 17.7 Å². The second kappa shape index (κ2) is 7.60.